The Morgan fingerprint density at radius 2 is 1.83 bits per heavy atom. The van der Waals surface area contributed by atoms with Crippen LogP contribution in [0.2, 0.25) is 5.02 Å². The van der Waals surface area contributed by atoms with Crippen molar-refractivity contribution in [3.05, 3.63) is 47.0 Å². The van der Waals surface area contributed by atoms with Crippen molar-refractivity contribution in [1.29, 1.82) is 0 Å². The minimum Gasteiger partial charge on any atom is -0.497 e. The number of hydrogen-bond acceptors (Lipinski definition) is 4. The van der Waals surface area contributed by atoms with Gasteiger partial charge in [-0.2, -0.15) is 0 Å². The fourth-order valence-corrected chi connectivity index (χ4v) is 3.73. The molecule has 6 nitrogen and oxygen atoms in total. The van der Waals surface area contributed by atoms with E-state index >= 15 is 0 Å². The molecule has 0 bridgehead atoms. The fraction of sp³-hybridized carbons (Fsp3) is 0.188. The molecule has 0 aromatic heterocycles. The first kappa shape index (κ1) is 18.1. The summed E-state index contributed by atoms with van der Waals surface area (Å²) in [6.45, 7) is 3.14. The lowest BCUT2D eigenvalue weighted by Gasteiger charge is -2.15. The van der Waals surface area contributed by atoms with Crippen LogP contribution < -0.4 is 14.8 Å². The van der Waals surface area contributed by atoms with Crippen molar-refractivity contribution in [2.75, 3.05) is 17.1 Å². The molecule has 0 heterocycles. The van der Waals surface area contributed by atoms with Crippen LogP contribution in [0.1, 0.15) is 12.5 Å². The molecule has 128 valence electrons. The molecule has 0 aliphatic heterocycles. The Kier molecular flexibility index (Phi) is 5.36. The smallest absolute Gasteiger partial charge is 0.263 e. The van der Waals surface area contributed by atoms with Crippen molar-refractivity contribution in [3.8, 4) is 5.75 Å². The second-order valence-electron chi connectivity index (χ2n) is 5.13. The van der Waals surface area contributed by atoms with Gasteiger partial charge in [0.1, 0.15) is 10.6 Å². The van der Waals surface area contributed by atoms with Gasteiger partial charge in [0.05, 0.1) is 23.5 Å². The number of halogens is 1. The zero-order chi connectivity index (χ0) is 17.9. The van der Waals surface area contributed by atoms with E-state index in [9.17, 15) is 13.2 Å². The second-order valence-corrected chi connectivity index (χ2v) is 7.19. The van der Waals surface area contributed by atoms with Gasteiger partial charge in [-0.1, -0.05) is 17.7 Å². The summed E-state index contributed by atoms with van der Waals surface area (Å²) in [5.74, 6) is 0.116. The van der Waals surface area contributed by atoms with Crippen LogP contribution in [0.4, 0.5) is 11.4 Å². The van der Waals surface area contributed by atoms with Crippen LogP contribution in [0.5, 0.6) is 5.75 Å². The van der Waals surface area contributed by atoms with E-state index in [4.69, 9.17) is 16.3 Å². The lowest BCUT2D eigenvalue weighted by atomic mass is 10.2. The average Bonchev–Trinajstić information content (AvgIpc) is 2.47. The molecule has 0 saturated carbocycles. The number of methoxy groups -OCH3 is 1. The van der Waals surface area contributed by atoms with Gasteiger partial charge in [0.15, 0.2) is 0 Å². The maximum atomic E-state index is 12.6. The molecule has 0 saturated heterocycles. The van der Waals surface area contributed by atoms with Crippen molar-refractivity contribution >= 4 is 38.9 Å². The van der Waals surface area contributed by atoms with E-state index in [2.05, 4.69) is 10.0 Å². The minimum atomic E-state index is -3.93. The number of aryl methyl sites for hydroxylation is 1. The normalized spacial score (nSPS) is 11.0. The van der Waals surface area contributed by atoms with Gasteiger partial charge >= 0.3 is 0 Å². The summed E-state index contributed by atoms with van der Waals surface area (Å²) in [6.07, 6.45) is 0. The highest BCUT2D eigenvalue weighted by Gasteiger charge is 2.20. The molecule has 1 amide bonds. The number of carbonyl (C=O) groups excluding carboxylic acids is 1. The predicted octanol–water partition coefficient (Wildman–Crippen LogP) is 3.42. The molecule has 0 spiro atoms. The third-order valence-electron chi connectivity index (χ3n) is 3.16. The zero-order valence-electron chi connectivity index (χ0n) is 13.4. The number of benzene rings is 2. The number of hydrogen-bond donors (Lipinski definition) is 2. The van der Waals surface area contributed by atoms with Crippen LogP contribution in [-0.2, 0) is 14.8 Å². The summed E-state index contributed by atoms with van der Waals surface area (Å²) >= 11 is 6.05. The zero-order valence-corrected chi connectivity index (χ0v) is 15.0. The van der Waals surface area contributed by atoms with E-state index in [1.165, 1.54) is 26.2 Å². The van der Waals surface area contributed by atoms with E-state index in [-0.39, 0.29) is 21.5 Å². The third-order valence-corrected chi connectivity index (χ3v) is 5.01. The maximum absolute atomic E-state index is 12.6. The first-order chi connectivity index (χ1) is 11.2. The Balaban J connectivity index is 2.46. The maximum Gasteiger partial charge on any atom is 0.263 e. The standard InChI is InChI=1S/C16H17ClN2O4S/c1-10-4-7-16(13(17)8-10)24(21,22)19-15-9-12(23-3)5-6-14(15)18-11(2)20/h4-9,19H,1-3H3,(H,18,20). The molecule has 2 aromatic rings. The molecular weight excluding hydrogens is 352 g/mol. The lowest BCUT2D eigenvalue weighted by Crippen LogP contribution is -2.16. The number of anilines is 2. The number of sulfonamides is 1. The van der Waals surface area contributed by atoms with Crippen LogP contribution in [0.25, 0.3) is 0 Å². The molecule has 24 heavy (non-hydrogen) atoms. The van der Waals surface area contributed by atoms with Gasteiger partial charge in [-0.3, -0.25) is 9.52 Å². The Bertz CT molecular complexity index is 882. The molecule has 0 fully saturated rings. The SMILES string of the molecule is COc1ccc(NC(C)=O)c(NS(=O)(=O)c2ccc(C)cc2Cl)c1. The molecule has 8 heteroatoms. The molecule has 0 aliphatic rings. The lowest BCUT2D eigenvalue weighted by molar-refractivity contribution is -0.114. The minimum absolute atomic E-state index is 0.0497. The van der Waals surface area contributed by atoms with E-state index in [1.807, 2.05) is 6.92 Å². The number of nitrogens with one attached hydrogen (secondary N) is 2. The van der Waals surface area contributed by atoms with Crippen molar-refractivity contribution in [1.82, 2.24) is 0 Å². The van der Waals surface area contributed by atoms with E-state index in [0.717, 1.165) is 5.56 Å². The quantitative estimate of drug-likeness (QED) is 0.846. The van der Waals surface area contributed by atoms with E-state index in [0.29, 0.717) is 11.4 Å². The third kappa shape index (κ3) is 4.18. The Morgan fingerprint density at radius 3 is 2.42 bits per heavy atom. The Morgan fingerprint density at radius 1 is 1.12 bits per heavy atom. The highest BCUT2D eigenvalue weighted by atomic mass is 35.5. The number of carbonyl (C=O) groups is 1. The average molecular weight is 369 g/mol. The molecule has 2 N–H and O–H groups in total. The second kappa shape index (κ2) is 7.11. The van der Waals surface area contributed by atoms with Crippen LogP contribution in [-0.4, -0.2) is 21.4 Å². The van der Waals surface area contributed by atoms with Gasteiger partial charge in [0.2, 0.25) is 5.91 Å². The molecule has 0 aliphatic carbocycles. The number of rotatable bonds is 5. The molecule has 2 rings (SSSR count). The Hall–Kier alpha value is -2.25. The van der Waals surface area contributed by atoms with Crippen LogP contribution in [0, 0.1) is 6.92 Å². The highest BCUT2D eigenvalue weighted by molar-refractivity contribution is 7.92. The summed E-state index contributed by atoms with van der Waals surface area (Å²) in [6, 6.07) is 9.29. The number of ether oxygens (including phenoxy) is 1. The van der Waals surface area contributed by atoms with Crippen molar-refractivity contribution in [2.24, 2.45) is 0 Å². The predicted molar refractivity (Wildman–Crippen MR) is 94.3 cm³/mol. The van der Waals surface area contributed by atoms with Crippen LogP contribution >= 0.6 is 11.6 Å². The molecule has 0 radical (unpaired) electrons. The first-order valence-corrected chi connectivity index (χ1v) is 8.83. The van der Waals surface area contributed by atoms with Gasteiger partial charge in [0.25, 0.3) is 10.0 Å². The van der Waals surface area contributed by atoms with E-state index < -0.39 is 10.0 Å². The summed E-state index contributed by atoms with van der Waals surface area (Å²) < 4.78 is 32.8. The van der Waals surface area contributed by atoms with Gasteiger partial charge in [-0.05, 0) is 36.8 Å². The van der Waals surface area contributed by atoms with Gasteiger partial charge < -0.3 is 10.1 Å². The topological polar surface area (TPSA) is 84.5 Å². The summed E-state index contributed by atoms with van der Waals surface area (Å²) in [7, 11) is -2.47. The van der Waals surface area contributed by atoms with Crippen molar-refractivity contribution in [2.45, 2.75) is 18.7 Å². The molecule has 0 unspecified atom stereocenters. The van der Waals surface area contributed by atoms with Crippen molar-refractivity contribution < 1.29 is 17.9 Å². The molecule has 0 atom stereocenters. The van der Waals surface area contributed by atoms with Crippen LogP contribution in [0.3, 0.4) is 0 Å². The molecular formula is C16H17ClN2O4S. The van der Waals surface area contributed by atoms with Gasteiger partial charge in [0, 0.05) is 13.0 Å². The first-order valence-electron chi connectivity index (χ1n) is 6.97. The summed E-state index contributed by atoms with van der Waals surface area (Å²) in [5, 5.41) is 2.69. The molecule has 2 aromatic carbocycles. The summed E-state index contributed by atoms with van der Waals surface area (Å²) in [4.78, 5) is 11.3. The van der Waals surface area contributed by atoms with Gasteiger partial charge in [-0.15, -0.1) is 0 Å². The Labute approximate surface area is 145 Å². The number of amides is 1. The fourth-order valence-electron chi connectivity index (χ4n) is 2.06. The monoisotopic (exact) mass is 368 g/mol. The highest BCUT2D eigenvalue weighted by Crippen LogP contribution is 2.31. The summed E-state index contributed by atoms with van der Waals surface area (Å²) in [5.41, 5.74) is 1.34. The van der Waals surface area contributed by atoms with Gasteiger partial charge in [-0.25, -0.2) is 8.42 Å². The van der Waals surface area contributed by atoms with Crippen molar-refractivity contribution in [3.63, 3.8) is 0 Å². The van der Waals surface area contributed by atoms with E-state index in [1.54, 1.807) is 24.3 Å². The largest absolute Gasteiger partial charge is 0.497 e. The van der Waals surface area contributed by atoms with Crippen LogP contribution in [0.15, 0.2) is 41.3 Å².